The molecule has 0 bridgehead atoms. The minimum Gasteiger partial charge on any atom is -0.482 e. The molecule has 0 saturated heterocycles. The summed E-state index contributed by atoms with van der Waals surface area (Å²) in [7, 11) is 0. The molecular formula is C16H19NO4. The van der Waals surface area contributed by atoms with E-state index in [-0.39, 0.29) is 23.0 Å². The van der Waals surface area contributed by atoms with E-state index in [1.807, 2.05) is 0 Å². The van der Waals surface area contributed by atoms with Crippen molar-refractivity contribution in [2.75, 3.05) is 0 Å². The predicted octanol–water partition coefficient (Wildman–Crippen LogP) is 3.57. The molecule has 1 aromatic carbocycles. The van der Waals surface area contributed by atoms with E-state index in [0.29, 0.717) is 12.2 Å². The highest BCUT2D eigenvalue weighted by Gasteiger charge is 2.56. The van der Waals surface area contributed by atoms with Crippen molar-refractivity contribution in [3.05, 3.63) is 33.9 Å². The fourth-order valence-electron chi connectivity index (χ4n) is 3.63. The first-order valence-corrected chi connectivity index (χ1v) is 7.48. The van der Waals surface area contributed by atoms with Crippen molar-refractivity contribution in [1.29, 1.82) is 0 Å². The average Bonchev–Trinajstić information content (AvgIpc) is 2.49. The number of para-hydroxylation sites is 1. The Kier molecular flexibility index (Phi) is 3.43. The first kappa shape index (κ1) is 14.0. The summed E-state index contributed by atoms with van der Waals surface area (Å²) in [5, 5.41) is 11.2. The normalized spacial score (nSPS) is 23.7. The van der Waals surface area contributed by atoms with E-state index in [1.165, 1.54) is 6.07 Å². The molecule has 0 amide bonds. The number of Topliss-reactive ketones (excluding diaryl/α,β-unsaturated/α-hetero) is 1. The molecule has 3 rings (SSSR count). The highest BCUT2D eigenvalue weighted by molar-refractivity contribution is 5.92. The van der Waals surface area contributed by atoms with Gasteiger partial charge in [0, 0.05) is 12.5 Å². The largest absolute Gasteiger partial charge is 0.482 e. The molecule has 1 unspecified atom stereocenters. The summed E-state index contributed by atoms with van der Waals surface area (Å²) in [6, 6.07) is 4.91. The van der Waals surface area contributed by atoms with E-state index in [9.17, 15) is 14.9 Å². The van der Waals surface area contributed by atoms with Gasteiger partial charge < -0.3 is 4.74 Å². The van der Waals surface area contributed by atoms with Gasteiger partial charge in [-0.1, -0.05) is 31.4 Å². The lowest BCUT2D eigenvalue weighted by atomic mass is 9.57. The monoisotopic (exact) mass is 289 g/mol. The third-order valence-electron chi connectivity index (χ3n) is 4.94. The van der Waals surface area contributed by atoms with Crippen molar-refractivity contribution in [2.45, 2.75) is 51.6 Å². The minimum absolute atomic E-state index is 0.0136. The topological polar surface area (TPSA) is 69.4 Å². The number of benzene rings is 1. The van der Waals surface area contributed by atoms with Crippen LogP contribution in [0.3, 0.4) is 0 Å². The Morgan fingerprint density at radius 1 is 1.29 bits per heavy atom. The second-order valence-electron chi connectivity index (χ2n) is 6.13. The lowest BCUT2D eigenvalue weighted by Gasteiger charge is -2.49. The molecule has 1 atom stereocenters. The van der Waals surface area contributed by atoms with Crippen molar-refractivity contribution in [3.63, 3.8) is 0 Å². The summed E-state index contributed by atoms with van der Waals surface area (Å²) in [4.78, 5) is 22.8. The highest BCUT2D eigenvalue weighted by atomic mass is 16.6. The lowest BCUT2D eigenvalue weighted by Crippen LogP contribution is -2.57. The van der Waals surface area contributed by atoms with Gasteiger partial charge in [0.1, 0.15) is 11.9 Å². The van der Waals surface area contributed by atoms with E-state index < -0.39 is 4.92 Å². The molecule has 21 heavy (non-hydrogen) atoms. The van der Waals surface area contributed by atoms with E-state index in [2.05, 4.69) is 0 Å². The zero-order chi connectivity index (χ0) is 15.0. The Balaban J connectivity index is 1.87. The second kappa shape index (κ2) is 5.13. The number of carbonyl (C=O) groups is 1. The van der Waals surface area contributed by atoms with Gasteiger partial charge in [0.2, 0.25) is 0 Å². The van der Waals surface area contributed by atoms with Crippen LogP contribution >= 0.6 is 0 Å². The van der Waals surface area contributed by atoms with Crippen LogP contribution in [0.4, 0.5) is 5.69 Å². The summed E-state index contributed by atoms with van der Waals surface area (Å²) in [6.45, 7) is 1.80. The number of rotatable bonds is 3. The van der Waals surface area contributed by atoms with Crippen LogP contribution in [0.5, 0.6) is 5.75 Å². The third kappa shape index (κ3) is 2.20. The van der Waals surface area contributed by atoms with Gasteiger partial charge >= 0.3 is 5.69 Å². The molecule has 112 valence electrons. The van der Waals surface area contributed by atoms with Gasteiger partial charge in [-0.25, -0.2) is 0 Å². The van der Waals surface area contributed by atoms with Gasteiger partial charge in [0.15, 0.2) is 5.75 Å². The molecule has 5 heteroatoms. The number of nitrogens with zero attached hydrogens (tertiary/aromatic N) is 1. The number of hydrogen-bond donors (Lipinski definition) is 0. The quantitative estimate of drug-likeness (QED) is 0.630. The van der Waals surface area contributed by atoms with Crippen molar-refractivity contribution in [2.24, 2.45) is 5.41 Å². The molecule has 1 aromatic rings. The van der Waals surface area contributed by atoms with Gasteiger partial charge in [-0.15, -0.1) is 0 Å². The van der Waals surface area contributed by atoms with Crippen LogP contribution in [0, 0.1) is 22.5 Å². The number of nitro groups is 1. The second-order valence-corrected chi connectivity index (χ2v) is 6.13. The Morgan fingerprint density at radius 2 is 2.00 bits per heavy atom. The van der Waals surface area contributed by atoms with Crippen molar-refractivity contribution >= 4 is 11.5 Å². The Hall–Kier alpha value is -1.91. The SMILES string of the molecule is Cc1cccc([N+](=O)[O-])c1OC1CC(=O)C12CCCCC2. The molecule has 1 spiro atoms. The summed E-state index contributed by atoms with van der Waals surface area (Å²) < 4.78 is 5.97. The molecule has 0 aromatic heterocycles. The number of carbonyl (C=O) groups excluding carboxylic acids is 1. The van der Waals surface area contributed by atoms with Gasteiger partial charge in [-0.3, -0.25) is 14.9 Å². The zero-order valence-corrected chi connectivity index (χ0v) is 12.1. The fraction of sp³-hybridized carbons (Fsp3) is 0.562. The minimum atomic E-state index is -0.420. The average molecular weight is 289 g/mol. The van der Waals surface area contributed by atoms with Gasteiger partial charge in [0.25, 0.3) is 0 Å². The first-order chi connectivity index (χ1) is 10.0. The van der Waals surface area contributed by atoms with Crippen LogP contribution in [-0.4, -0.2) is 16.8 Å². The van der Waals surface area contributed by atoms with Crippen LogP contribution in [0.25, 0.3) is 0 Å². The standard InChI is InChI=1S/C16H19NO4/c1-11-6-5-7-12(17(19)20)15(11)21-14-10-13(18)16(14)8-3-2-4-9-16/h5-7,14H,2-4,8-10H2,1H3. The van der Waals surface area contributed by atoms with Gasteiger partial charge in [0.05, 0.1) is 10.3 Å². The summed E-state index contributed by atoms with van der Waals surface area (Å²) in [6.07, 6.45) is 5.14. The van der Waals surface area contributed by atoms with Crippen molar-refractivity contribution in [1.82, 2.24) is 0 Å². The maximum Gasteiger partial charge on any atom is 0.311 e. The van der Waals surface area contributed by atoms with Gasteiger partial charge in [-0.05, 0) is 25.3 Å². The lowest BCUT2D eigenvalue weighted by molar-refractivity contribution is -0.386. The fourth-order valence-corrected chi connectivity index (χ4v) is 3.63. The van der Waals surface area contributed by atoms with Crippen LogP contribution in [0.15, 0.2) is 18.2 Å². The van der Waals surface area contributed by atoms with E-state index >= 15 is 0 Å². The number of ether oxygens (including phenoxy) is 1. The molecule has 0 aliphatic heterocycles. The molecule has 2 aliphatic carbocycles. The van der Waals surface area contributed by atoms with Crippen LogP contribution in [0.2, 0.25) is 0 Å². The molecule has 0 radical (unpaired) electrons. The molecular weight excluding hydrogens is 270 g/mol. The molecule has 5 nitrogen and oxygen atoms in total. The smallest absolute Gasteiger partial charge is 0.311 e. The van der Waals surface area contributed by atoms with E-state index in [4.69, 9.17) is 4.74 Å². The molecule has 2 saturated carbocycles. The molecule has 0 heterocycles. The Labute approximate surface area is 123 Å². The number of aryl methyl sites for hydroxylation is 1. The molecule has 2 fully saturated rings. The summed E-state index contributed by atoms with van der Waals surface area (Å²) >= 11 is 0. The van der Waals surface area contributed by atoms with Crippen molar-refractivity contribution in [3.8, 4) is 5.75 Å². The predicted molar refractivity (Wildman–Crippen MR) is 77.4 cm³/mol. The van der Waals surface area contributed by atoms with Gasteiger partial charge in [-0.2, -0.15) is 0 Å². The molecule has 0 N–H and O–H groups in total. The maximum atomic E-state index is 12.1. The Morgan fingerprint density at radius 3 is 2.62 bits per heavy atom. The first-order valence-electron chi connectivity index (χ1n) is 7.48. The Bertz CT molecular complexity index is 590. The number of nitro benzene ring substituents is 1. The van der Waals surface area contributed by atoms with Crippen LogP contribution in [-0.2, 0) is 4.79 Å². The van der Waals surface area contributed by atoms with Crippen molar-refractivity contribution < 1.29 is 14.5 Å². The third-order valence-corrected chi connectivity index (χ3v) is 4.94. The molecule has 2 aliphatic rings. The highest BCUT2D eigenvalue weighted by Crippen LogP contribution is 2.51. The maximum absolute atomic E-state index is 12.1. The summed E-state index contributed by atoms with van der Waals surface area (Å²) in [5.41, 5.74) is 0.351. The van der Waals surface area contributed by atoms with Crippen LogP contribution < -0.4 is 4.74 Å². The van der Waals surface area contributed by atoms with Crippen LogP contribution in [0.1, 0.15) is 44.1 Å². The number of hydrogen-bond acceptors (Lipinski definition) is 4. The number of ketones is 1. The van der Waals surface area contributed by atoms with E-state index in [0.717, 1.165) is 37.7 Å². The van der Waals surface area contributed by atoms with E-state index in [1.54, 1.807) is 19.1 Å². The summed E-state index contributed by atoms with van der Waals surface area (Å²) in [5.74, 6) is 0.591. The zero-order valence-electron chi connectivity index (χ0n) is 12.1.